The van der Waals surface area contributed by atoms with Crippen LogP contribution in [0.1, 0.15) is 23.5 Å². The second kappa shape index (κ2) is 7.59. The van der Waals surface area contributed by atoms with Crippen LogP contribution in [0.2, 0.25) is 0 Å². The molecule has 1 heterocycles. The summed E-state index contributed by atoms with van der Waals surface area (Å²) in [6.45, 7) is 0.937. The molecule has 1 aromatic heterocycles. The van der Waals surface area contributed by atoms with Crippen LogP contribution in [-0.2, 0) is 7.05 Å². The zero-order chi connectivity index (χ0) is 15.9. The summed E-state index contributed by atoms with van der Waals surface area (Å²) in [7, 11) is 2.06. The quantitative estimate of drug-likeness (QED) is 0.677. The molecule has 3 rings (SSSR count). The Labute approximate surface area is 138 Å². The maximum absolute atomic E-state index is 3.55. The minimum Gasteiger partial charge on any atom is -0.274 e. The predicted octanol–water partition coefficient (Wildman–Crippen LogP) is 4.15. The molecule has 0 bridgehead atoms. The van der Waals surface area contributed by atoms with E-state index in [0.29, 0.717) is 5.92 Å². The lowest BCUT2D eigenvalue weighted by Crippen LogP contribution is -2.32. The molecule has 116 valence electrons. The summed E-state index contributed by atoms with van der Waals surface area (Å²) in [5.41, 5.74) is 2.75. The lowest BCUT2D eigenvalue weighted by molar-refractivity contribution is -0.657. The fraction of sp³-hybridized carbons (Fsp3) is 0.190. The summed E-state index contributed by atoms with van der Waals surface area (Å²) in [5, 5.41) is 3.55. The molecule has 0 amide bonds. The SMILES string of the molecule is C[n+]1ccccc1NCCC(c1ccccc1)c1ccccc1. The number of aromatic nitrogens is 1. The highest BCUT2D eigenvalue weighted by Crippen LogP contribution is 2.27. The Morgan fingerprint density at radius 1 is 0.783 bits per heavy atom. The molecule has 0 saturated heterocycles. The average molecular weight is 303 g/mol. The van der Waals surface area contributed by atoms with Crippen molar-refractivity contribution in [3.63, 3.8) is 0 Å². The summed E-state index contributed by atoms with van der Waals surface area (Å²) in [4.78, 5) is 0. The first kappa shape index (κ1) is 15.3. The van der Waals surface area contributed by atoms with Crippen LogP contribution in [0.4, 0.5) is 5.82 Å². The molecule has 0 atom stereocenters. The number of hydrogen-bond donors (Lipinski definition) is 1. The van der Waals surface area contributed by atoms with Crippen molar-refractivity contribution < 1.29 is 4.57 Å². The van der Waals surface area contributed by atoms with Crippen molar-refractivity contribution in [3.05, 3.63) is 96.2 Å². The van der Waals surface area contributed by atoms with E-state index in [1.54, 1.807) is 0 Å². The fourth-order valence-corrected chi connectivity index (χ4v) is 2.95. The van der Waals surface area contributed by atoms with Crippen LogP contribution in [0, 0.1) is 0 Å². The zero-order valence-electron chi connectivity index (χ0n) is 13.5. The Morgan fingerprint density at radius 3 is 1.91 bits per heavy atom. The van der Waals surface area contributed by atoms with E-state index in [0.717, 1.165) is 18.8 Å². The van der Waals surface area contributed by atoms with Crippen LogP contribution in [0.5, 0.6) is 0 Å². The van der Waals surface area contributed by atoms with Gasteiger partial charge in [0.25, 0.3) is 5.82 Å². The fourth-order valence-electron chi connectivity index (χ4n) is 2.95. The van der Waals surface area contributed by atoms with E-state index in [4.69, 9.17) is 0 Å². The Morgan fingerprint density at radius 2 is 1.35 bits per heavy atom. The van der Waals surface area contributed by atoms with Gasteiger partial charge in [-0.15, -0.1) is 0 Å². The summed E-state index contributed by atoms with van der Waals surface area (Å²) in [5.74, 6) is 1.56. The molecule has 23 heavy (non-hydrogen) atoms. The first-order valence-corrected chi connectivity index (χ1v) is 8.13. The Hall–Kier alpha value is -2.61. The van der Waals surface area contributed by atoms with Gasteiger partial charge in [-0.25, -0.2) is 4.57 Å². The number of nitrogens with one attached hydrogen (secondary N) is 1. The molecule has 0 radical (unpaired) electrons. The van der Waals surface area contributed by atoms with Gasteiger partial charge < -0.3 is 0 Å². The molecule has 0 saturated carbocycles. The van der Waals surface area contributed by atoms with Gasteiger partial charge in [-0.05, 0) is 23.6 Å². The van der Waals surface area contributed by atoms with Crippen molar-refractivity contribution >= 4 is 5.82 Å². The molecule has 0 aliphatic heterocycles. The third-order valence-electron chi connectivity index (χ3n) is 4.20. The first-order chi connectivity index (χ1) is 11.3. The monoisotopic (exact) mass is 303 g/mol. The van der Waals surface area contributed by atoms with Gasteiger partial charge >= 0.3 is 0 Å². The molecule has 2 nitrogen and oxygen atoms in total. The van der Waals surface area contributed by atoms with Crippen LogP contribution >= 0.6 is 0 Å². The molecule has 0 aliphatic carbocycles. The van der Waals surface area contributed by atoms with Crippen molar-refractivity contribution in [3.8, 4) is 0 Å². The topological polar surface area (TPSA) is 15.9 Å². The standard InChI is InChI=1S/C21H22N2/c1-23-17-9-8-14-21(23)22-16-15-20(18-10-4-2-5-11-18)19-12-6-3-7-13-19/h2-14,17,20H,15-16H2,1H3/p+1. The minimum absolute atomic E-state index is 0.416. The number of nitrogens with zero attached hydrogens (tertiary/aromatic N) is 1. The summed E-state index contributed by atoms with van der Waals surface area (Å²) in [6.07, 6.45) is 3.12. The van der Waals surface area contributed by atoms with Crippen molar-refractivity contribution in [2.75, 3.05) is 11.9 Å². The molecule has 1 N–H and O–H groups in total. The molecular weight excluding hydrogens is 280 g/mol. The van der Waals surface area contributed by atoms with Gasteiger partial charge in [-0.1, -0.05) is 66.7 Å². The average Bonchev–Trinajstić information content (AvgIpc) is 2.62. The number of pyridine rings is 1. The van der Waals surface area contributed by atoms with Crippen LogP contribution in [0.3, 0.4) is 0 Å². The lowest BCUT2D eigenvalue weighted by Gasteiger charge is -2.17. The highest BCUT2D eigenvalue weighted by molar-refractivity contribution is 5.33. The number of aryl methyl sites for hydroxylation is 1. The van der Waals surface area contributed by atoms with Gasteiger partial charge in [0.2, 0.25) is 0 Å². The largest absolute Gasteiger partial charge is 0.274 e. The smallest absolute Gasteiger partial charge is 0.274 e. The highest BCUT2D eigenvalue weighted by atomic mass is 15.1. The van der Waals surface area contributed by atoms with Crippen molar-refractivity contribution in [1.82, 2.24) is 0 Å². The molecule has 3 aromatic rings. The Kier molecular flexibility index (Phi) is 5.05. The van der Waals surface area contributed by atoms with Gasteiger partial charge in [-0.3, -0.25) is 5.32 Å². The molecule has 0 fully saturated rings. The van der Waals surface area contributed by atoms with E-state index in [1.165, 1.54) is 11.1 Å². The zero-order valence-corrected chi connectivity index (χ0v) is 13.5. The van der Waals surface area contributed by atoms with Crippen molar-refractivity contribution in [2.24, 2.45) is 7.05 Å². The number of hydrogen-bond acceptors (Lipinski definition) is 1. The van der Waals surface area contributed by atoms with Crippen LogP contribution in [0.15, 0.2) is 85.1 Å². The van der Waals surface area contributed by atoms with Crippen LogP contribution in [-0.4, -0.2) is 6.54 Å². The Balaban J connectivity index is 1.74. The van der Waals surface area contributed by atoms with Crippen molar-refractivity contribution in [1.29, 1.82) is 0 Å². The maximum atomic E-state index is 3.55. The molecule has 0 unspecified atom stereocenters. The Bertz CT molecular complexity index is 684. The van der Waals surface area contributed by atoms with Crippen LogP contribution in [0.25, 0.3) is 0 Å². The van der Waals surface area contributed by atoms with Gasteiger partial charge in [0.15, 0.2) is 0 Å². The predicted molar refractivity (Wildman–Crippen MR) is 95.5 cm³/mol. The van der Waals surface area contributed by atoms with E-state index >= 15 is 0 Å². The molecule has 2 heteroatoms. The molecule has 2 aromatic carbocycles. The van der Waals surface area contributed by atoms with E-state index in [-0.39, 0.29) is 0 Å². The number of anilines is 1. The van der Waals surface area contributed by atoms with Crippen LogP contribution < -0.4 is 9.88 Å². The normalized spacial score (nSPS) is 10.7. The lowest BCUT2D eigenvalue weighted by atomic mass is 9.88. The molecule has 0 aliphatic rings. The molecule has 0 spiro atoms. The summed E-state index contributed by atoms with van der Waals surface area (Å²) in [6, 6.07) is 27.7. The third-order valence-corrected chi connectivity index (χ3v) is 4.20. The van der Waals surface area contributed by atoms with Gasteiger partial charge in [0.05, 0.1) is 19.8 Å². The van der Waals surface area contributed by atoms with Gasteiger partial charge in [-0.2, -0.15) is 0 Å². The van der Waals surface area contributed by atoms with Gasteiger partial charge in [0, 0.05) is 12.0 Å². The summed E-state index contributed by atoms with van der Waals surface area (Å²) >= 11 is 0. The van der Waals surface area contributed by atoms with Gasteiger partial charge in [0.1, 0.15) is 0 Å². The second-order valence-corrected chi connectivity index (χ2v) is 5.79. The van der Waals surface area contributed by atoms with E-state index < -0.39 is 0 Å². The highest BCUT2D eigenvalue weighted by Gasteiger charge is 2.15. The first-order valence-electron chi connectivity index (χ1n) is 8.13. The number of rotatable bonds is 6. The number of benzene rings is 2. The van der Waals surface area contributed by atoms with E-state index in [1.807, 2.05) is 6.07 Å². The molecular formula is C21H23N2+. The van der Waals surface area contributed by atoms with E-state index in [9.17, 15) is 0 Å². The summed E-state index contributed by atoms with van der Waals surface area (Å²) < 4.78 is 2.11. The second-order valence-electron chi connectivity index (χ2n) is 5.79. The van der Waals surface area contributed by atoms with Crippen molar-refractivity contribution in [2.45, 2.75) is 12.3 Å². The van der Waals surface area contributed by atoms with E-state index in [2.05, 4.69) is 95.9 Å². The maximum Gasteiger partial charge on any atom is 0.274 e. The minimum atomic E-state index is 0.416. The third kappa shape index (κ3) is 3.98.